The number of halogens is 4. The van der Waals surface area contributed by atoms with Gasteiger partial charge in [0, 0.05) is 32.5 Å². The molecule has 0 radical (unpaired) electrons. The largest absolute Gasteiger partial charge is 0.469 e. The van der Waals surface area contributed by atoms with Crippen molar-refractivity contribution in [1.29, 1.82) is 0 Å². The smallest absolute Gasteiger partial charge is 0.410 e. The van der Waals surface area contributed by atoms with Crippen molar-refractivity contribution in [3.63, 3.8) is 0 Å². The molecule has 2 heterocycles. The van der Waals surface area contributed by atoms with Crippen LogP contribution in [0.25, 0.3) is 5.69 Å². The number of methoxy groups -OCH3 is 1. The van der Waals surface area contributed by atoms with Crippen molar-refractivity contribution in [1.82, 2.24) is 24.8 Å². The van der Waals surface area contributed by atoms with E-state index in [0.717, 1.165) is 10.7 Å². The van der Waals surface area contributed by atoms with Crippen molar-refractivity contribution in [3.05, 3.63) is 41.5 Å². The molecular weight excluding hydrogens is 562 g/mol. The molecule has 10 nitrogen and oxygen atoms in total. The first-order chi connectivity index (χ1) is 19.5. The van der Waals surface area contributed by atoms with Crippen LogP contribution >= 0.6 is 0 Å². The van der Waals surface area contributed by atoms with Crippen LogP contribution in [0.15, 0.2) is 24.3 Å². The normalized spacial score (nSPS) is 17.7. The van der Waals surface area contributed by atoms with Crippen LogP contribution in [0.3, 0.4) is 0 Å². The molecule has 1 aromatic heterocycles. The van der Waals surface area contributed by atoms with E-state index in [2.05, 4.69) is 10.3 Å². The Morgan fingerprint density at radius 3 is 2.36 bits per heavy atom. The fraction of sp³-hybridized carbons (Fsp3) is 0.607. The zero-order chi connectivity index (χ0) is 31.4. The summed E-state index contributed by atoms with van der Waals surface area (Å²) in [5, 5.41) is 7.79. The Labute approximate surface area is 241 Å². The molecule has 1 saturated heterocycles. The number of aromatic nitrogens is 3. The lowest BCUT2D eigenvalue weighted by Gasteiger charge is -2.42. The summed E-state index contributed by atoms with van der Waals surface area (Å²) in [6.07, 6.45) is -7.09. The second-order valence-electron chi connectivity index (χ2n) is 11.7. The van der Waals surface area contributed by atoms with E-state index in [4.69, 9.17) is 9.47 Å². The Balaban J connectivity index is 2.06. The van der Waals surface area contributed by atoms with E-state index in [1.165, 1.54) is 35.1 Å². The first-order valence-electron chi connectivity index (χ1n) is 13.6. The zero-order valence-electron chi connectivity index (χ0n) is 24.6. The van der Waals surface area contributed by atoms with E-state index in [-0.39, 0.29) is 49.0 Å². The van der Waals surface area contributed by atoms with Gasteiger partial charge in [-0.1, -0.05) is 31.2 Å². The van der Waals surface area contributed by atoms with Gasteiger partial charge in [0.2, 0.25) is 0 Å². The number of carbonyl (C=O) groups excluding carboxylic acids is 3. The summed E-state index contributed by atoms with van der Waals surface area (Å²) in [7, 11) is 1.22. The Hall–Kier alpha value is -3.71. The van der Waals surface area contributed by atoms with Gasteiger partial charge in [0.1, 0.15) is 17.1 Å². The van der Waals surface area contributed by atoms with Gasteiger partial charge in [0.05, 0.1) is 24.8 Å². The molecule has 1 aliphatic rings. The number of amides is 2. The summed E-state index contributed by atoms with van der Waals surface area (Å²) in [5.41, 5.74) is -1.56. The van der Waals surface area contributed by atoms with Crippen LogP contribution in [0.5, 0.6) is 0 Å². The van der Waals surface area contributed by atoms with Gasteiger partial charge in [-0.25, -0.2) is 13.9 Å². The minimum absolute atomic E-state index is 0.000201. The SMILES string of the molecule is COC(=O)C1C[C@H](N(CC(C)C)C(=O)c2nnn(-c3ccccc3F)c2CCC(F)(F)F)CN(C(=O)OC(C)(C)C)C1. The van der Waals surface area contributed by atoms with E-state index >= 15 is 0 Å². The lowest BCUT2D eigenvalue weighted by atomic mass is 9.92. The van der Waals surface area contributed by atoms with Crippen LogP contribution < -0.4 is 0 Å². The third-order valence-electron chi connectivity index (χ3n) is 6.57. The molecular formula is C28H37F4N5O5. The second-order valence-corrected chi connectivity index (χ2v) is 11.7. The van der Waals surface area contributed by atoms with Crippen molar-refractivity contribution in [3.8, 4) is 5.69 Å². The monoisotopic (exact) mass is 599 g/mol. The lowest BCUT2D eigenvalue weighted by molar-refractivity contribution is -0.148. The van der Waals surface area contributed by atoms with Gasteiger partial charge in [-0.15, -0.1) is 5.10 Å². The van der Waals surface area contributed by atoms with Gasteiger partial charge in [-0.3, -0.25) is 9.59 Å². The van der Waals surface area contributed by atoms with Crippen molar-refractivity contribution in [2.75, 3.05) is 26.7 Å². The van der Waals surface area contributed by atoms with Crippen LogP contribution in [0.1, 0.15) is 63.6 Å². The first-order valence-corrected chi connectivity index (χ1v) is 13.6. The van der Waals surface area contributed by atoms with Crippen LogP contribution in [0.4, 0.5) is 22.4 Å². The highest BCUT2D eigenvalue weighted by Crippen LogP contribution is 2.29. The number of nitrogens with zero attached hydrogens (tertiary/aromatic N) is 5. The topological polar surface area (TPSA) is 107 Å². The number of piperidine rings is 1. The number of esters is 1. The molecule has 2 amide bonds. The highest BCUT2D eigenvalue weighted by molar-refractivity contribution is 5.94. The maximum Gasteiger partial charge on any atom is 0.410 e. The van der Waals surface area contributed by atoms with Gasteiger partial charge < -0.3 is 19.3 Å². The average Bonchev–Trinajstić information content (AvgIpc) is 3.32. The van der Waals surface area contributed by atoms with Crippen LogP contribution in [0, 0.1) is 17.7 Å². The predicted octanol–water partition coefficient (Wildman–Crippen LogP) is 4.80. The Bertz CT molecular complexity index is 1270. The van der Waals surface area contributed by atoms with Gasteiger partial charge >= 0.3 is 18.2 Å². The van der Waals surface area contributed by atoms with Crippen molar-refractivity contribution >= 4 is 18.0 Å². The van der Waals surface area contributed by atoms with E-state index in [1.807, 2.05) is 13.8 Å². The zero-order valence-corrected chi connectivity index (χ0v) is 24.6. The second kappa shape index (κ2) is 13.1. The van der Waals surface area contributed by atoms with Crippen molar-refractivity contribution in [2.24, 2.45) is 11.8 Å². The molecule has 0 aliphatic carbocycles. The summed E-state index contributed by atoms with van der Waals surface area (Å²) in [5.74, 6) is -2.98. The van der Waals surface area contributed by atoms with Crippen molar-refractivity contribution < 1.29 is 41.4 Å². The third kappa shape index (κ3) is 8.41. The lowest BCUT2D eigenvalue weighted by Crippen LogP contribution is -2.57. The predicted molar refractivity (Wildman–Crippen MR) is 143 cm³/mol. The quantitative estimate of drug-likeness (QED) is 0.317. The first kappa shape index (κ1) is 32.8. The van der Waals surface area contributed by atoms with Crippen LogP contribution in [0.2, 0.25) is 0 Å². The molecule has 42 heavy (non-hydrogen) atoms. The highest BCUT2D eigenvalue weighted by Gasteiger charge is 2.41. The van der Waals surface area contributed by atoms with Crippen LogP contribution in [-0.4, -0.2) is 87.3 Å². The molecule has 1 unspecified atom stereocenters. The summed E-state index contributed by atoms with van der Waals surface area (Å²) < 4.78 is 65.9. The number of hydrogen-bond acceptors (Lipinski definition) is 7. The molecule has 1 aromatic carbocycles. The number of ether oxygens (including phenoxy) is 2. The number of hydrogen-bond donors (Lipinski definition) is 0. The van der Waals surface area contributed by atoms with E-state index in [9.17, 15) is 31.9 Å². The molecule has 0 spiro atoms. The van der Waals surface area contributed by atoms with Gasteiger partial charge in [-0.2, -0.15) is 13.2 Å². The Kier molecular flexibility index (Phi) is 10.2. The number of alkyl halides is 3. The van der Waals surface area contributed by atoms with Gasteiger partial charge in [0.25, 0.3) is 5.91 Å². The molecule has 232 valence electrons. The molecule has 0 N–H and O–H groups in total. The fourth-order valence-corrected chi connectivity index (χ4v) is 4.81. The summed E-state index contributed by atoms with van der Waals surface area (Å²) >= 11 is 0. The minimum Gasteiger partial charge on any atom is -0.469 e. The van der Waals surface area contributed by atoms with Gasteiger partial charge in [-0.05, 0) is 45.2 Å². The summed E-state index contributed by atoms with van der Waals surface area (Å²) in [4.78, 5) is 42.4. The van der Waals surface area contributed by atoms with Crippen LogP contribution in [-0.2, 0) is 20.7 Å². The number of rotatable bonds is 8. The minimum atomic E-state index is -4.56. The van der Waals surface area contributed by atoms with E-state index in [1.54, 1.807) is 20.8 Å². The van der Waals surface area contributed by atoms with Crippen molar-refractivity contribution in [2.45, 2.75) is 71.7 Å². The molecule has 14 heteroatoms. The fourth-order valence-electron chi connectivity index (χ4n) is 4.81. The number of benzene rings is 1. The number of para-hydroxylation sites is 1. The van der Waals surface area contributed by atoms with E-state index < -0.39 is 60.4 Å². The molecule has 0 saturated carbocycles. The molecule has 1 aliphatic heterocycles. The summed E-state index contributed by atoms with van der Waals surface area (Å²) in [6, 6.07) is 4.61. The van der Waals surface area contributed by atoms with Gasteiger partial charge in [0.15, 0.2) is 5.69 Å². The number of likely N-dealkylation sites (tertiary alicyclic amines) is 1. The summed E-state index contributed by atoms with van der Waals surface area (Å²) in [6.45, 7) is 8.90. The molecule has 2 atom stereocenters. The third-order valence-corrected chi connectivity index (χ3v) is 6.57. The molecule has 0 bridgehead atoms. The Morgan fingerprint density at radius 2 is 1.79 bits per heavy atom. The maximum atomic E-state index is 14.7. The molecule has 3 rings (SSSR count). The maximum absolute atomic E-state index is 14.7. The highest BCUT2D eigenvalue weighted by atomic mass is 19.4. The molecule has 1 fully saturated rings. The average molecular weight is 600 g/mol. The Morgan fingerprint density at radius 1 is 1.12 bits per heavy atom. The number of carbonyl (C=O) groups is 3. The molecule has 2 aromatic rings. The van der Waals surface area contributed by atoms with E-state index in [0.29, 0.717) is 0 Å². The standard InChI is InChI=1S/C28H37F4N5O5/c1-17(2)14-36(19-13-18(25(39)41-6)15-35(16-19)26(40)42-27(3,4)5)24(38)23-22(11-12-28(30,31)32)37(34-33-23)21-10-8-7-9-20(21)29/h7-10,17-19H,11-16H2,1-6H3/t18?,19-/m0/s1.